The Morgan fingerprint density at radius 3 is 2.70 bits per heavy atom. The van der Waals surface area contributed by atoms with Crippen molar-refractivity contribution in [3.63, 3.8) is 0 Å². The molecular formula is C20H27N3O2S2. The first-order chi connectivity index (χ1) is 13.2. The van der Waals surface area contributed by atoms with Crippen LogP contribution in [-0.4, -0.2) is 47.9 Å². The summed E-state index contributed by atoms with van der Waals surface area (Å²) in [4.78, 5) is 6.00. The van der Waals surface area contributed by atoms with Gasteiger partial charge in [-0.15, -0.1) is 11.3 Å². The first kappa shape index (κ1) is 19.9. The SMILES string of the molecule is CCN(CC)CCN(Cc1cccs1)C(=S)NCc1ccc2c(c1)OCO2. The topological polar surface area (TPSA) is 37.0 Å². The van der Waals surface area contributed by atoms with Crippen LogP contribution < -0.4 is 14.8 Å². The molecule has 1 aromatic heterocycles. The molecule has 27 heavy (non-hydrogen) atoms. The fourth-order valence-electron chi connectivity index (χ4n) is 2.99. The Labute approximate surface area is 170 Å². The van der Waals surface area contributed by atoms with Gasteiger partial charge in [0.15, 0.2) is 16.6 Å². The Bertz CT molecular complexity index is 733. The number of nitrogens with zero attached hydrogens (tertiary/aromatic N) is 2. The van der Waals surface area contributed by atoms with E-state index in [9.17, 15) is 0 Å². The molecule has 1 N–H and O–H groups in total. The molecule has 1 aliphatic rings. The Morgan fingerprint density at radius 2 is 1.96 bits per heavy atom. The lowest BCUT2D eigenvalue weighted by Gasteiger charge is -2.28. The maximum atomic E-state index is 5.72. The first-order valence-electron chi connectivity index (χ1n) is 9.35. The van der Waals surface area contributed by atoms with Gasteiger partial charge in [-0.3, -0.25) is 0 Å². The Hall–Kier alpha value is -1.83. The molecule has 146 valence electrons. The summed E-state index contributed by atoms with van der Waals surface area (Å²) in [6.45, 7) is 10.2. The van der Waals surface area contributed by atoms with Crippen LogP contribution in [0.3, 0.4) is 0 Å². The maximum Gasteiger partial charge on any atom is 0.231 e. The third-order valence-electron chi connectivity index (χ3n) is 4.68. The lowest BCUT2D eigenvalue weighted by atomic mass is 10.2. The van der Waals surface area contributed by atoms with Gasteiger partial charge in [0.2, 0.25) is 6.79 Å². The molecule has 0 saturated heterocycles. The van der Waals surface area contributed by atoms with E-state index in [1.54, 1.807) is 11.3 Å². The third kappa shape index (κ3) is 5.57. The van der Waals surface area contributed by atoms with Crippen molar-refractivity contribution in [1.82, 2.24) is 15.1 Å². The van der Waals surface area contributed by atoms with E-state index in [2.05, 4.69) is 46.5 Å². The average molecular weight is 406 g/mol. The number of hydrogen-bond donors (Lipinski definition) is 1. The van der Waals surface area contributed by atoms with E-state index < -0.39 is 0 Å². The highest BCUT2D eigenvalue weighted by Gasteiger charge is 2.15. The smallest absolute Gasteiger partial charge is 0.231 e. The van der Waals surface area contributed by atoms with Crippen LogP contribution in [0.4, 0.5) is 0 Å². The third-order valence-corrected chi connectivity index (χ3v) is 5.94. The maximum absolute atomic E-state index is 5.72. The molecule has 1 aliphatic heterocycles. The molecule has 0 radical (unpaired) electrons. The van der Waals surface area contributed by atoms with E-state index in [1.165, 1.54) is 4.88 Å². The summed E-state index contributed by atoms with van der Waals surface area (Å²) in [5.74, 6) is 1.61. The van der Waals surface area contributed by atoms with Crippen molar-refractivity contribution in [2.75, 3.05) is 33.0 Å². The fraction of sp³-hybridized carbons (Fsp3) is 0.450. The van der Waals surface area contributed by atoms with Gasteiger partial charge in [0.05, 0.1) is 6.54 Å². The van der Waals surface area contributed by atoms with Gasteiger partial charge in [0, 0.05) is 24.5 Å². The summed E-state index contributed by atoms with van der Waals surface area (Å²) in [5.41, 5.74) is 1.13. The van der Waals surface area contributed by atoms with Crippen molar-refractivity contribution in [3.8, 4) is 11.5 Å². The molecule has 0 fully saturated rings. The van der Waals surface area contributed by atoms with E-state index in [1.807, 2.05) is 18.2 Å². The molecule has 0 atom stereocenters. The number of ether oxygens (including phenoxy) is 2. The lowest BCUT2D eigenvalue weighted by molar-refractivity contribution is 0.174. The number of thiocarbonyl (C=S) groups is 1. The summed E-state index contributed by atoms with van der Waals surface area (Å²) in [6, 6.07) is 10.3. The average Bonchev–Trinajstić information content (AvgIpc) is 3.37. The summed E-state index contributed by atoms with van der Waals surface area (Å²) < 4.78 is 10.8. The van der Waals surface area contributed by atoms with Crippen LogP contribution >= 0.6 is 23.6 Å². The molecule has 3 rings (SSSR count). The van der Waals surface area contributed by atoms with Crippen molar-refractivity contribution in [2.24, 2.45) is 0 Å². The number of hydrogen-bond acceptors (Lipinski definition) is 5. The molecule has 0 saturated carbocycles. The number of fused-ring (bicyclic) bond motifs is 1. The van der Waals surface area contributed by atoms with Gasteiger partial charge in [-0.1, -0.05) is 26.0 Å². The Balaban J connectivity index is 1.59. The van der Waals surface area contributed by atoms with Crippen molar-refractivity contribution in [1.29, 1.82) is 0 Å². The summed E-state index contributed by atoms with van der Waals surface area (Å²) in [6.07, 6.45) is 0. The van der Waals surface area contributed by atoms with E-state index >= 15 is 0 Å². The van der Waals surface area contributed by atoms with E-state index in [0.29, 0.717) is 13.3 Å². The normalized spacial score (nSPS) is 12.4. The molecule has 7 heteroatoms. The number of rotatable bonds is 9. The number of likely N-dealkylation sites (N-methyl/N-ethyl adjacent to an activating group) is 1. The van der Waals surface area contributed by atoms with Crippen LogP contribution in [0.2, 0.25) is 0 Å². The van der Waals surface area contributed by atoms with Crippen LogP contribution in [0, 0.1) is 0 Å². The van der Waals surface area contributed by atoms with Gasteiger partial charge in [-0.2, -0.15) is 0 Å². The molecule has 1 aromatic carbocycles. The second kappa shape index (κ2) is 9.92. The van der Waals surface area contributed by atoms with Crippen molar-refractivity contribution < 1.29 is 9.47 Å². The minimum absolute atomic E-state index is 0.296. The van der Waals surface area contributed by atoms with Gasteiger partial charge in [-0.05, 0) is 54.5 Å². The second-order valence-electron chi connectivity index (χ2n) is 6.37. The van der Waals surface area contributed by atoms with Crippen LogP contribution in [0.5, 0.6) is 11.5 Å². The fourth-order valence-corrected chi connectivity index (χ4v) is 3.93. The first-order valence-corrected chi connectivity index (χ1v) is 10.6. The standard InChI is InChI=1S/C20H27N3O2S2/c1-3-22(4-2)9-10-23(14-17-6-5-11-27-17)20(26)21-13-16-7-8-18-19(12-16)25-15-24-18/h5-8,11-12H,3-4,9-10,13-15H2,1-2H3,(H,21,26). The minimum Gasteiger partial charge on any atom is -0.454 e. The molecular weight excluding hydrogens is 378 g/mol. The number of nitrogens with one attached hydrogen (secondary N) is 1. The van der Waals surface area contributed by atoms with E-state index in [4.69, 9.17) is 21.7 Å². The quantitative estimate of drug-likeness (QED) is 0.641. The zero-order chi connectivity index (χ0) is 19.1. The van der Waals surface area contributed by atoms with E-state index in [0.717, 1.165) is 54.9 Å². The van der Waals surface area contributed by atoms with Gasteiger partial charge in [0.1, 0.15) is 0 Å². The predicted octanol–water partition coefficient (Wildman–Crippen LogP) is 3.70. The van der Waals surface area contributed by atoms with Crippen LogP contribution in [0.25, 0.3) is 0 Å². The van der Waals surface area contributed by atoms with Crippen molar-refractivity contribution >= 4 is 28.7 Å². The summed E-state index contributed by atoms with van der Waals surface area (Å²) >= 11 is 7.49. The lowest BCUT2D eigenvalue weighted by Crippen LogP contribution is -2.43. The highest BCUT2D eigenvalue weighted by atomic mass is 32.1. The zero-order valence-corrected chi connectivity index (χ0v) is 17.6. The Kier molecular flexibility index (Phi) is 7.32. The molecule has 0 spiro atoms. The van der Waals surface area contributed by atoms with Crippen LogP contribution in [-0.2, 0) is 13.1 Å². The highest BCUT2D eigenvalue weighted by Crippen LogP contribution is 2.32. The molecule has 0 unspecified atom stereocenters. The molecule has 5 nitrogen and oxygen atoms in total. The molecule has 2 aromatic rings. The van der Waals surface area contributed by atoms with Gasteiger partial charge in [0.25, 0.3) is 0 Å². The van der Waals surface area contributed by atoms with Crippen LogP contribution in [0.1, 0.15) is 24.3 Å². The van der Waals surface area contributed by atoms with Gasteiger partial charge < -0.3 is 24.6 Å². The van der Waals surface area contributed by atoms with Crippen molar-refractivity contribution in [3.05, 3.63) is 46.2 Å². The molecule has 0 amide bonds. The largest absolute Gasteiger partial charge is 0.454 e. The number of thiophene rings is 1. The van der Waals surface area contributed by atoms with E-state index in [-0.39, 0.29) is 0 Å². The highest BCUT2D eigenvalue weighted by molar-refractivity contribution is 7.80. The minimum atomic E-state index is 0.296. The van der Waals surface area contributed by atoms with Gasteiger partial charge >= 0.3 is 0 Å². The molecule has 0 bridgehead atoms. The summed E-state index contributed by atoms with van der Waals surface area (Å²) in [5, 5.41) is 6.31. The van der Waals surface area contributed by atoms with Crippen molar-refractivity contribution in [2.45, 2.75) is 26.9 Å². The molecule has 0 aliphatic carbocycles. The van der Waals surface area contributed by atoms with Crippen LogP contribution in [0.15, 0.2) is 35.7 Å². The van der Waals surface area contributed by atoms with Gasteiger partial charge in [-0.25, -0.2) is 0 Å². The Morgan fingerprint density at radius 1 is 1.15 bits per heavy atom. The number of benzene rings is 1. The zero-order valence-electron chi connectivity index (χ0n) is 15.9. The second-order valence-corrected chi connectivity index (χ2v) is 7.79. The predicted molar refractivity (Wildman–Crippen MR) is 115 cm³/mol. The monoisotopic (exact) mass is 405 g/mol. The summed E-state index contributed by atoms with van der Waals surface area (Å²) in [7, 11) is 0. The molecule has 2 heterocycles.